The lowest BCUT2D eigenvalue weighted by Gasteiger charge is -2.15. The maximum absolute atomic E-state index is 12.2. The average Bonchev–Trinajstić information content (AvgIpc) is 2.38. The minimum Gasteiger partial charge on any atom is -0.326 e. The van der Waals surface area contributed by atoms with Gasteiger partial charge < -0.3 is 5.32 Å². The van der Waals surface area contributed by atoms with Gasteiger partial charge in [0.1, 0.15) is 0 Å². The Labute approximate surface area is 121 Å². The van der Waals surface area contributed by atoms with E-state index in [2.05, 4.69) is 5.32 Å². The quantitative estimate of drug-likeness (QED) is 0.877. The summed E-state index contributed by atoms with van der Waals surface area (Å²) in [6, 6.07) is 4.92. The summed E-state index contributed by atoms with van der Waals surface area (Å²) in [6.07, 6.45) is 2.21. The van der Waals surface area contributed by atoms with E-state index in [4.69, 9.17) is 0 Å². The van der Waals surface area contributed by atoms with Crippen molar-refractivity contribution in [2.24, 2.45) is 0 Å². The Morgan fingerprint density at radius 3 is 2.50 bits per heavy atom. The second kappa shape index (κ2) is 6.85. The van der Waals surface area contributed by atoms with E-state index in [9.17, 15) is 13.2 Å². The van der Waals surface area contributed by atoms with E-state index in [0.29, 0.717) is 17.7 Å². The van der Waals surface area contributed by atoms with Gasteiger partial charge in [-0.05, 0) is 31.0 Å². The normalized spacial score (nSPS) is 11.7. The summed E-state index contributed by atoms with van der Waals surface area (Å²) in [5.74, 6) is -0.0936. The fourth-order valence-corrected chi connectivity index (χ4v) is 2.86. The summed E-state index contributed by atoms with van der Waals surface area (Å²) in [7, 11) is -0.526. The van der Waals surface area contributed by atoms with Gasteiger partial charge in [0.2, 0.25) is 15.9 Å². The van der Waals surface area contributed by atoms with Gasteiger partial charge in [-0.25, -0.2) is 12.7 Å². The molecule has 0 unspecified atom stereocenters. The van der Waals surface area contributed by atoms with Crippen LogP contribution in [-0.2, 0) is 14.8 Å². The molecule has 1 aromatic rings. The summed E-state index contributed by atoms with van der Waals surface area (Å²) in [4.78, 5) is 11.9. The molecule has 1 N–H and O–H groups in total. The molecule has 20 heavy (non-hydrogen) atoms. The Morgan fingerprint density at radius 1 is 1.30 bits per heavy atom. The zero-order chi connectivity index (χ0) is 15.3. The monoisotopic (exact) mass is 298 g/mol. The van der Waals surface area contributed by atoms with Crippen molar-refractivity contribution in [1.82, 2.24) is 4.31 Å². The third kappa shape index (κ3) is 4.05. The van der Waals surface area contributed by atoms with Crippen molar-refractivity contribution in [3.05, 3.63) is 23.8 Å². The minimum absolute atomic E-state index is 0.0936. The highest BCUT2D eigenvalue weighted by atomic mass is 32.2. The molecule has 0 aromatic heterocycles. The topological polar surface area (TPSA) is 66.5 Å². The Kier molecular flexibility index (Phi) is 5.71. The average molecular weight is 298 g/mol. The molecule has 0 aliphatic heterocycles. The number of aryl methyl sites for hydroxylation is 1. The Morgan fingerprint density at radius 2 is 1.95 bits per heavy atom. The van der Waals surface area contributed by atoms with Gasteiger partial charge in [-0.3, -0.25) is 4.79 Å². The van der Waals surface area contributed by atoms with Gasteiger partial charge in [-0.1, -0.05) is 19.4 Å². The van der Waals surface area contributed by atoms with Gasteiger partial charge in [0, 0.05) is 26.2 Å². The van der Waals surface area contributed by atoms with Gasteiger partial charge in [-0.15, -0.1) is 0 Å². The molecule has 1 amide bonds. The molecular weight excluding hydrogens is 276 g/mol. The number of hydrogen-bond donors (Lipinski definition) is 1. The maximum atomic E-state index is 12.2. The Hall–Kier alpha value is -1.40. The van der Waals surface area contributed by atoms with Crippen molar-refractivity contribution >= 4 is 21.6 Å². The van der Waals surface area contributed by atoms with Crippen molar-refractivity contribution < 1.29 is 13.2 Å². The molecule has 0 bridgehead atoms. The van der Waals surface area contributed by atoms with Gasteiger partial charge in [0.05, 0.1) is 4.90 Å². The number of carbonyl (C=O) groups is 1. The van der Waals surface area contributed by atoms with Crippen LogP contribution in [0.15, 0.2) is 23.1 Å². The van der Waals surface area contributed by atoms with Crippen LogP contribution in [0.5, 0.6) is 0 Å². The molecule has 112 valence electrons. The van der Waals surface area contributed by atoms with E-state index in [1.165, 1.54) is 20.2 Å². The number of rotatable bonds is 6. The van der Waals surface area contributed by atoms with Crippen LogP contribution in [0.2, 0.25) is 0 Å². The molecule has 0 aliphatic rings. The number of benzene rings is 1. The third-order valence-electron chi connectivity index (χ3n) is 2.99. The highest BCUT2D eigenvalue weighted by Crippen LogP contribution is 2.22. The number of sulfonamides is 1. The van der Waals surface area contributed by atoms with Crippen molar-refractivity contribution in [2.45, 2.75) is 38.0 Å². The molecule has 1 aromatic carbocycles. The molecule has 0 saturated heterocycles. The van der Waals surface area contributed by atoms with E-state index in [1.807, 2.05) is 6.92 Å². The van der Waals surface area contributed by atoms with E-state index in [0.717, 1.165) is 17.1 Å². The summed E-state index contributed by atoms with van der Waals surface area (Å²) < 4.78 is 25.5. The highest BCUT2D eigenvalue weighted by Gasteiger charge is 2.20. The van der Waals surface area contributed by atoms with E-state index >= 15 is 0 Å². The summed E-state index contributed by atoms with van der Waals surface area (Å²) in [5.41, 5.74) is 1.17. The zero-order valence-electron chi connectivity index (χ0n) is 12.4. The van der Waals surface area contributed by atoms with Gasteiger partial charge >= 0.3 is 0 Å². The van der Waals surface area contributed by atoms with Gasteiger partial charge in [0.15, 0.2) is 0 Å². The number of unbranched alkanes of at least 4 members (excludes halogenated alkanes) is 1. The van der Waals surface area contributed by atoms with Gasteiger partial charge in [0.25, 0.3) is 0 Å². The number of amides is 1. The van der Waals surface area contributed by atoms with E-state index < -0.39 is 10.0 Å². The van der Waals surface area contributed by atoms with Crippen LogP contribution >= 0.6 is 0 Å². The molecule has 0 atom stereocenters. The van der Waals surface area contributed by atoms with Crippen molar-refractivity contribution in [2.75, 3.05) is 19.4 Å². The SMILES string of the molecule is CCCCC(=O)Nc1ccc(C)c(S(=O)(=O)N(C)C)c1. The molecule has 0 aliphatic carbocycles. The zero-order valence-corrected chi connectivity index (χ0v) is 13.3. The van der Waals surface area contributed by atoms with E-state index in [-0.39, 0.29) is 10.8 Å². The summed E-state index contributed by atoms with van der Waals surface area (Å²) in [6.45, 7) is 3.75. The lowest BCUT2D eigenvalue weighted by Crippen LogP contribution is -2.23. The molecule has 0 heterocycles. The predicted molar refractivity (Wildman–Crippen MR) is 80.2 cm³/mol. The fraction of sp³-hybridized carbons (Fsp3) is 0.500. The Bertz CT molecular complexity index is 580. The highest BCUT2D eigenvalue weighted by molar-refractivity contribution is 7.89. The molecular formula is C14H22N2O3S. The third-order valence-corrected chi connectivity index (χ3v) is 4.94. The second-order valence-corrected chi connectivity index (χ2v) is 7.04. The smallest absolute Gasteiger partial charge is 0.242 e. The van der Waals surface area contributed by atoms with Crippen LogP contribution in [0.3, 0.4) is 0 Å². The molecule has 0 saturated carbocycles. The minimum atomic E-state index is -3.50. The summed E-state index contributed by atoms with van der Waals surface area (Å²) >= 11 is 0. The second-order valence-electron chi connectivity index (χ2n) is 4.92. The fourth-order valence-electron chi connectivity index (χ4n) is 1.71. The molecule has 1 rings (SSSR count). The first-order valence-corrected chi connectivity index (χ1v) is 8.06. The first-order valence-electron chi connectivity index (χ1n) is 6.62. The summed E-state index contributed by atoms with van der Waals surface area (Å²) in [5, 5.41) is 2.73. The van der Waals surface area contributed by atoms with Crippen LogP contribution in [-0.4, -0.2) is 32.7 Å². The van der Waals surface area contributed by atoms with Crippen LogP contribution < -0.4 is 5.32 Å². The first-order chi connectivity index (χ1) is 9.28. The number of nitrogens with zero attached hydrogens (tertiary/aromatic N) is 1. The van der Waals surface area contributed by atoms with Crippen LogP contribution in [0.25, 0.3) is 0 Å². The largest absolute Gasteiger partial charge is 0.326 e. The van der Waals surface area contributed by atoms with Crippen molar-refractivity contribution in [3.8, 4) is 0 Å². The number of hydrogen-bond acceptors (Lipinski definition) is 3. The first kappa shape index (κ1) is 16.7. The molecule has 0 radical (unpaired) electrons. The van der Waals surface area contributed by atoms with Crippen molar-refractivity contribution in [3.63, 3.8) is 0 Å². The maximum Gasteiger partial charge on any atom is 0.242 e. The molecule has 0 spiro atoms. The number of carbonyl (C=O) groups excluding carboxylic acids is 1. The lowest BCUT2D eigenvalue weighted by atomic mass is 10.2. The van der Waals surface area contributed by atoms with Crippen LogP contribution in [0.1, 0.15) is 31.7 Å². The van der Waals surface area contributed by atoms with E-state index in [1.54, 1.807) is 19.1 Å². The van der Waals surface area contributed by atoms with Gasteiger partial charge in [-0.2, -0.15) is 0 Å². The van der Waals surface area contributed by atoms with Crippen molar-refractivity contribution in [1.29, 1.82) is 0 Å². The van der Waals surface area contributed by atoms with Crippen LogP contribution in [0, 0.1) is 6.92 Å². The Balaban J connectivity index is 3.01. The molecule has 0 fully saturated rings. The predicted octanol–water partition coefficient (Wildman–Crippen LogP) is 2.37. The number of anilines is 1. The standard InChI is InChI=1S/C14H22N2O3S/c1-5-6-7-14(17)15-12-9-8-11(2)13(10-12)20(18,19)16(3)4/h8-10H,5-7H2,1-4H3,(H,15,17). The number of nitrogens with one attached hydrogen (secondary N) is 1. The molecule has 6 heteroatoms. The lowest BCUT2D eigenvalue weighted by molar-refractivity contribution is -0.116. The van der Waals surface area contributed by atoms with Crippen LogP contribution in [0.4, 0.5) is 5.69 Å². The molecule has 5 nitrogen and oxygen atoms in total.